The van der Waals surface area contributed by atoms with Crippen LogP contribution in [0.3, 0.4) is 0 Å². The molecule has 4 nitrogen and oxygen atoms in total. The molecule has 0 saturated carbocycles. The van der Waals surface area contributed by atoms with E-state index in [-0.39, 0.29) is 16.9 Å². The van der Waals surface area contributed by atoms with Gasteiger partial charge in [0.1, 0.15) is 11.6 Å². The molecule has 6 heteroatoms. The molecular formula is C14H10ClFN2O2. The van der Waals surface area contributed by atoms with Crippen LogP contribution in [0.25, 0.3) is 0 Å². The molecule has 0 radical (unpaired) electrons. The summed E-state index contributed by atoms with van der Waals surface area (Å²) in [6.45, 7) is 0. The molecule has 1 amide bonds. The molecule has 2 aromatic rings. The molecule has 0 spiro atoms. The Morgan fingerprint density at radius 2 is 2.05 bits per heavy atom. The summed E-state index contributed by atoms with van der Waals surface area (Å²) in [5.74, 6) is -1.13. The Balaban J connectivity index is 2.09. The first-order chi connectivity index (χ1) is 9.58. The maximum Gasteiger partial charge on any atom is 0.271 e. The minimum atomic E-state index is -0.563. The monoisotopic (exact) mass is 292 g/mol. The Kier molecular flexibility index (Phi) is 4.32. The predicted molar refractivity (Wildman–Crippen MR) is 74.6 cm³/mol. The molecule has 0 atom stereocenters. The van der Waals surface area contributed by atoms with Gasteiger partial charge in [-0.3, -0.25) is 4.79 Å². The van der Waals surface area contributed by atoms with E-state index in [9.17, 15) is 14.3 Å². The van der Waals surface area contributed by atoms with E-state index in [1.807, 2.05) is 0 Å². The largest absolute Gasteiger partial charge is 0.507 e. The van der Waals surface area contributed by atoms with E-state index in [1.54, 1.807) is 12.1 Å². The summed E-state index contributed by atoms with van der Waals surface area (Å²) in [5, 5.41) is 13.5. The lowest BCUT2D eigenvalue weighted by Gasteiger charge is -2.02. The summed E-state index contributed by atoms with van der Waals surface area (Å²) in [4.78, 5) is 11.7. The number of phenols is 1. The number of phenolic OH excluding ortho intramolecular Hbond substituents is 1. The van der Waals surface area contributed by atoms with Crippen LogP contribution in [-0.2, 0) is 0 Å². The smallest absolute Gasteiger partial charge is 0.271 e. The molecule has 2 rings (SSSR count). The third-order valence-corrected chi connectivity index (χ3v) is 2.81. The number of rotatable bonds is 3. The number of hydrogen-bond acceptors (Lipinski definition) is 3. The standard InChI is InChI=1S/C14H10ClFN2O2/c15-12-5-2-6-13(19)11(12)8-17-18-14(20)9-3-1-4-10(16)7-9/h1-8,19H,(H,18,20)/b17-8-. The minimum Gasteiger partial charge on any atom is -0.507 e. The van der Waals surface area contributed by atoms with Gasteiger partial charge in [-0.2, -0.15) is 5.10 Å². The third kappa shape index (κ3) is 3.33. The number of amides is 1. The SMILES string of the molecule is O=C(N/N=C\c1c(O)cccc1Cl)c1cccc(F)c1. The van der Waals surface area contributed by atoms with Gasteiger partial charge in [0.15, 0.2) is 0 Å². The zero-order valence-corrected chi connectivity index (χ0v) is 10.9. The number of aromatic hydroxyl groups is 1. The lowest BCUT2D eigenvalue weighted by molar-refractivity contribution is 0.0954. The summed E-state index contributed by atoms with van der Waals surface area (Å²) in [6, 6.07) is 9.83. The average Bonchev–Trinajstić information content (AvgIpc) is 2.42. The molecule has 0 unspecified atom stereocenters. The molecule has 0 fully saturated rings. The highest BCUT2D eigenvalue weighted by Crippen LogP contribution is 2.22. The van der Waals surface area contributed by atoms with Crippen molar-refractivity contribution < 1.29 is 14.3 Å². The number of hydrazone groups is 1. The van der Waals surface area contributed by atoms with Gasteiger partial charge in [0, 0.05) is 5.56 Å². The lowest BCUT2D eigenvalue weighted by Crippen LogP contribution is -2.17. The highest BCUT2D eigenvalue weighted by molar-refractivity contribution is 6.33. The van der Waals surface area contributed by atoms with Crippen molar-refractivity contribution in [3.63, 3.8) is 0 Å². The molecule has 102 valence electrons. The fourth-order valence-corrected chi connectivity index (χ4v) is 1.72. The van der Waals surface area contributed by atoms with Gasteiger partial charge in [0.05, 0.1) is 16.8 Å². The zero-order chi connectivity index (χ0) is 14.5. The van der Waals surface area contributed by atoms with Crippen LogP contribution in [0.4, 0.5) is 4.39 Å². The maximum absolute atomic E-state index is 13.0. The highest BCUT2D eigenvalue weighted by Gasteiger charge is 2.06. The van der Waals surface area contributed by atoms with Gasteiger partial charge in [-0.15, -0.1) is 0 Å². The second-order valence-corrected chi connectivity index (χ2v) is 4.29. The van der Waals surface area contributed by atoms with E-state index >= 15 is 0 Å². The van der Waals surface area contributed by atoms with Crippen molar-refractivity contribution in [2.24, 2.45) is 5.10 Å². The van der Waals surface area contributed by atoms with E-state index in [0.29, 0.717) is 5.02 Å². The van der Waals surface area contributed by atoms with Crippen molar-refractivity contribution in [2.45, 2.75) is 0 Å². The molecule has 20 heavy (non-hydrogen) atoms. The average molecular weight is 293 g/mol. The van der Waals surface area contributed by atoms with E-state index < -0.39 is 11.7 Å². The summed E-state index contributed by atoms with van der Waals surface area (Å²) in [6.07, 6.45) is 1.22. The molecule has 0 heterocycles. The van der Waals surface area contributed by atoms with Crippen LogP contribution in [0, 0.1) is 5.82 Å². The lowest BCUT2D eigenvalue weighted by atomic mass is 10.2. The van der Waals surface area contributed by atoms with Crippen molar-refractivity contribution in [1.82, 2.24) is 5.43 Å². The fourth-order valence-electron chi connectivity index (χ4n) is 1.50. The summed E-state index contributed by atoms with van der Waals surface area (Å²) in [7, 11) is 0. The normalized spacial score (nSPS) is 10.7. The van der Waals surface area contributed by atoms with E-state index in [4.69, 9.17) is 11.6 Å². The number of nitrogens with one attached hydrogen (secondary N) is 1. The summed E-state index contributed by atoms with van der Waals surface area (Å²) in [5.41, 5.74) is 2.65. The Bertz CT molecular complexity index is 654. The van der Waals surface area contributed by atoms with Crippen LogP contribution in [0.5, 0.6) is 5.75 Å². The molecular weight excluding hydrogens is 283 g/mol. The number of benzene rings is 2. The van der Waals surface area contributed by atoms with Crippen LogP contribution in [0.1, 0.15) is 15.9 Å². The van der Waals surface area contributed by atoms with Crippen molar-refractivity contribution in [3.05, 3.63) is 64.4 Å². The number of hydrogen-bond donors (Lipinski definition) is 2. The summed E-state index contributed by atoms with van der Waals surface area (Å²) < 4.78 is 13.0. The topological polar surface area (TPSA) is 61.7 Å². The van der Waals surface area contributed by atoms with Crippen LogP contribution in [0.15, 0.2) is 47.6 Å². The van der Waals surface area contributed by atoms with E-state index in [0.717, 1.165) is 6.07 Å². The summed E-state index contributed by atoms with van der Waals surface area (Å²) >= 11 is 5.87. The molecule has 0 aliphatic heterocycles. The Morgan fingerprint density at radius 1 is 1.30 bits per heavy atom. The van der Waals surface area contributed by atoms with Crippen molar-refractivity contribution >= 4 is 23.7 Å². The van der Waals surface area contributed by atoms with Gasteiger partial charge in [-0.25, -0.2) is 9.82 Å². The molecule has 0 aliphatic carbocycles. The minimum absolute atomic E-state index is 0.0544. The van der Waals surface area contributed by atoms with Gasteiger partial charge in [0.25, 0.3) is 5.91 Å². The van der Waals surface area contributed by atoms with Crippen molar-refractivity contribution in [2.75, 3.05) is 0 Å². The van der Waals surface area contributed by atoms with Crippen LogP contribution in [0.2, 0.25) is 5.02 Å². The number of carbonyl (C=O) groups excluding carboxylic acids is 1. The molecule has 0 aromatic heterocycles. The van der Waals surface area contributed by atoms with E-state index in [2.05, 4.69) is 10.5 Å². The van der Waals surface area contributed by atoms with Crippen LogP contribution < -0.4 is 5.43 Å². The fraction of sp³-hybridized carbons (Fsp3) is 0. The van der Waals surface area contributed by atoms with E-state index in [1.165, 1.54) is 30.5 Å². The van der Waals surface area contributed by atoms with Crippen LogP contribution >= 0.6 is 11.6 Å². The van der Waals surface area contributed by atoms with Gasteiger partial charge in [0.2, 0.25) is 0 Å². The first-order valence-electron chi connectivity index (χ1n) is 5.64. The van der Waals surface area contributed by atoms with Gasteiger partial charge >= 0.3 is 0 Å². The van der Waals surface area contributed by atoms with Crippen molar-refractivity contribution in [1.29, 1.82) is 0 Å². The van der Waals surface area contributed by atoms with Crippen molar-refractivity contribution in [3.8, 4) is 5.75 Å². The zero-order valence-electron chi connectivity index (χ0n) is 10.2. The first kappa shape index (κ1) is 14.0. The quantitative estimate of drug-likeness (QED) is 0.675. The van der Waals surface area contributed by atoms with Gasteiger partial charge < -0.3 is 5.11 Å². The number of halogens is 2. The Morgan fingerprint density at radius 3 is 2.75 bits per heavy atom. The molecule has 0 aliphatic rings. The molecule has 0 saturated heterocycles. The molecule has 0 bridgehead atoms. The highest BCUT2D eigenvalue weighted by atomic mass is 35.5. The Labute approximate surface area is 119 Å². The third-order valence-electron chi connectivity index (χ3n) is 2.48. The van der Waals surface area contributed by atoms with Gasteiger partial charge in [-0.05, 0) is 30.3 Å². The Hall–Kier alpha value is -2.40. The predicted octanol–water partition coefficient (Wildman–Crippen LogP) is 2.95. The maximum atomic E-state index is 13.0. The second kappa shape index (κ2) is 6.16. The van der Waals surface area contributed by atoms with Gasteiger partial charge in [-0.1, -0.05) is 23.7 Å². The first-order valence-corrected chi connectivity index (χ1v) is 6.02. The van der Waals surface area contributed by atoms with Crippen LogP contribution in [-0.4, -0.2) is 17.2 Å². The second-order valence-electron chi connectivity index (χ2n) is 3.88. The molecule has 2 aromatic carbocycles. The molecule has 2 N–H and O–H groups in total. The number of carbonyl (C=O) groups is 1. The number of nitrogens with zero attached hydrogens (tertiary/aromatic N) is 1.